The molecule has 1 aromatic carbocycles. The summed E-state index contributed by atoms with van der Waals surface area (Å²) in [6.45, 7) is 13.3. The van der Waals surface area contributed by atoms with Crippen LogP contribution in [-0.2, 0) is 16.6 Å². The number of rotatable bonds is 4. The number of nitrogens with zero attached hydrogens (tertiary/aromatic N) is 6. The van der Waals surface area contributed by atoms with Gasteiger partial charge in [-0.1, -0.05) is 26.0 Å². The second-order valence-electron chi connectivity index (χ2n) is 14.5. The number of fused-ring (bicyclic) bond motifs is 5. The van der Waals surface area contributed by atoms with Gasteiger partial charge in [0.25, 0.3) is 0 Å². The van der Waals surface area contributed by atoms with Gasteiger partial charge in [-0.25, -0.2) is 9.37 Å². The first-order chi connectivity index (χ1) is 22.3. The summed E-state index contributed by atoms with van der Waals surface area (Å²) in [6.07, 6.45) is 8.66. The van der Waals surface area contributed by atoms with Crippen LogP contribution in [0, 0.1) is 5.82 Å². The molecule has 0 saturated carbocycles. The van der Waals surface area contributed by atoms with Gasteiger partial charge < -0.3 is 19.1 Å². The molecule has 11 heteroatoms. The van der Waals surface area contributed by atoms with Crippen LogP contribution >= 0.6 is 0 Å². The van der Waals surface area contributed by atoms with Crippen LogP contribution in [-0.4, -0.2) is 87.7 Å². The van der Waals surface area contributed by atoms with E-state index in [1.807, 2.05) is 0 Å². The fourth-order valence-electron chi connectivity index (χ4n) is 8.92. The van der Waals surface area contributed by atoms with Crippen molar-refractivity contribution in [1.82, 2.24) is 30.0 Å². The normalized spacial score (nSPS) is 25.6. The van der Waals surface area contributed by atoms with E-state index in [1.54, 1.807) is 6.20 Å². The molecule has 7 heterocycles. The molecule has 4 aromatic rings. The molecule has 5 aliphatic rings. The zero-order valence-corrected chi connectivity index (χ0v) is 26.6. The van der Waals surface area contributed by atoms with E-state index in [9.17, 15) is 0 Å². The summed E-state index contributed by atoms with van der Waals surface area (Å²) in [7, 11) is 0. The third-order valence-electron chi connectivity index (χ3n) is 11.0. The van der Waals surface area contributed by atoms with Crippen LogP contribution in [0.25, 0.3) is 33.1 Å². The average molecular weight is 626 g/mol. The lowest BCUT2D eigenvalue weighted by atomic mass is 9.69. The molecule has 2 atom stereocenters. The van der Waals surface area contributed by atoms with Crippen LogP contribution in [0.5, 0.6) is 11.9 Å². The van der Waals surface area contributed by atoms with Crippen LogP contribution in [0.4, 0.5) is 10.2 Å². The van der Waals surface area contributed by atoms with E-state index in [4.69, 9.17) is 29.2 Å². The van der Waals surface area contributed by atoms with E-state index < -0.39 is 5.82 Å². The number of aromatic amines is 1. The number of ether oxygens (including phenoxy) is 3. The molecule has 1 N–H and O–H groups in total. The molecule has 0 radical (unpaired) electrons. The summed E-state index contributed by atoms with van der Waals surface area (Å²) in [6, 6.07) is 2.25. The highest BCUT2D eigenvalue weighted by Crippen LogP contribution is 2.48. The minimum atomic E-state index is -0.493. The van der Waals surface area contributed by atoms with Gasteiger partial charge in [-0.15, -0.1) is 0 Å². The number of hydrogen-bond donors (Lipinski definition) is 1. The molecule has 9 rings (SSSR count). The number of benzene rings is 1. The molecule has 0 spiro atoms. The summed E-state index contributed by atoms with van der Waals surface area (Å²) < 4.78 is 36.3. The molecule has 240 valence electrons. The molecule has 1 aliphatic carbocycles. The monoisotopic (exact) mass is 625 g/mol. The second-order valence-corrected chi connectivity index (χ2v) is 14.5. The fourth-order valence-corrected chi connectivity index (χ4v) is 8.92. The van der Waals surface area contributed by atoms with Gasteiger partial charge in [-0.3, -0.25) is 10.00 Å². The predicted octanol–water partition coefficient (Wildman–Crippen LogP) is 5.48. The van der Waals surface area contributed by atoms with Crippen LogP contribution < -0.4 is 14.4 Å². The highest BCUT2D eigenvalue weighted by Gasteiger charge is 2.47. The smallest absolute Gasteiger partial charge is 0.319 e. The number of hydrogen-bond acceptors (Lipinski definition) is 9. The van der Waals surface area contributed by atoms with Gasteiger partial charge in [0, 0.05) is 30.6 Å². The van der Waals surface area contributed by atoms with Crippen LogP contribution in [0.1, 0.15) is 63.5 Å². The molecule has 0 unspecified atom stereocenters. The summed E-state index contributed by atoms with van der Waals surface area (Å²) in [5, 5.41) is 8.82. The Balaban J connectivity index is 1.26. The Morgan fingerprint density at radius 3 is 2.96 bits per heavy atom. The van der Waals surface area contributed by atoms with Gasteiger partial charge >= 0.3 is 6.01 Å². The van der Waals surface area contributed by atoms with E-state index in [2.05, 4.69) is 46.5 Å². The fraction of sp³-hybridized carbons (Fsp3) is 0.543. The number of pyridine rings is 1. The van der Waals surface area contributed by atoms with Gasteiger partial charge in [0.05, 0.1) is 29.9 Å². The summed E-state index contributed by atoms with van der Waals surface area (Å²) in [4.78, 5) is 19.4. The van der Waals surface area contributed by atoms with Crippen molar-refractivity contribution in [2.75, 3.05) is 51.0 Å². The number of H-pyrrole nitrogens is 1. The molecule has 46 heavy (non-hydrogen) atoms. The van der Waals surface area contributed by atoms with Crippen molar-refractivity contribution < 1.29 is 18.6 Å². The van der Waals surface area contributed by atoms with Crippen LogP contribution in [0.15, 0.2) is 24.4 Å². The molecule has 3 aromatic heterocycles. The highest BCUT2D eigenvalue weighted by molar-refractivity contribution is 6.02. The number of halogens is 1. The quantitative estimate of drug-likeness (QED) is 0.296. The molecule has 10 nitrogen and oxygen atoms in total. The Morgan fingerprint density at radius 1 is 1.13 bits per heavy atom. The number of nitrogens with one attached hydrogen (secondary N) is 1. The Bertz CT molecular complexity index is 1910. The van der Waals surface area contributed by atoms with Crippen molar-refractivity contribution in [2.45, 2.75) is 75.8 Å². The maximum atomic E-state index is 17.4. The zero-order valence-electron chi connectivity index (χ0n) is 26.6. The number of anilines is 1. The Labute approximate surface area is 267 Å². The molecule has 0 bridgehead atoms. The molecule has 3 fully saturated rings. The van der Waals surface area contributed by atoms with Crippen molar-refractivity contribution in [3.8, 4) is 23.1 Å². The molecule has 4 aliphatic heterocycles. The lowest BCUT2D eigenvalue weighted by molar-refractivity contribution is 0.108. The summed E-state index contributed by atoms with van der Waals surface area (Å²) in [5.41, 5.74) is 5.30. The van der Waals surface area contributed by atoms with Gasteiger partial charge in [-0.2, -0.15) is 15.1 Å². The predicted molar refractivity (Wildman–Crippen MR) is 173 cm³/mol. The van der Waals surface area contributed by atoms with Crippen molar-refractivity contribution in [1.29, 1.82) is 0 Å². The van der Waals surface area contributed by atoms with E-state index in [0.29, 0.717) is 50.1 Å². The molecular weight excluding hydrogens is 585 g/mol. The van der Waals surface area contributed by atoms with Crippen molar-refractivity contribution in [3.63, 3.8) is 0 Å². The first-order valence-electron chi connectivity index (χ1n) is 16.7. The van der Waals surface area contributed by atoms with Crippen molar-refractivity contribution >= 4 is 27.6 Å². The number of aromatic nitrogens is 5. The highest BCUT2D eigenvalue weighted by atomic mass is 19.1. The Hall–Kier alpha value is -3.83. The van der Waals surface area contributed by atoms with Crippen LogP contribution in [0.2, 0.25) is 0 Å². The third-order valence-corrected chi connectivity index (χ3v) is 11.0. The largest absolute Gasteiger partial charge is 0.475 e. The zero-order chi connectivity index (χ0) is 31.2. The van der Waals surface area contributed by atoms with Gasteiger partial charge in [0.15, 0.2) is 5.82 Å². The molecular formula is C35H40FN7O3. The standard InChI is InChI=1S/C35H40FN7O3/c1-20-14-35(9-5-10-42(35)16-20)19-46-33-39-30-26-31(40-33)43-11-6-12-44-17-22(43)18-45-32(26)38-29(28(30)36)25-23-15-37-41-24(23)13-21-7-4-8-34(2,3)27(21)25/h13,15,22H,1,4-12,14,16-19H2,2-3H3,(H,37,41)/t22-,35-/m0/s1. The van der Waals surface area contributed by atoms with Crippen LogP contribution in [0.3, 0.4) is 0 Å². The van der Waals surface area contributed by atoms with E-state index >= 15 is 4.39 Å². The first-order valence-corrected chi connectivity index (χ1v) is 16.7. The number of aryl methyl sites for hydroxylation is 1. The maximum Gasteiger partial charge on any atom is 0.319 e. The topological polar surface area (TPSA) is 102 Å². The van der Waals surface area contributed by atoms with Gasteiger partial charge in [-0.05, 0) is 74.1 Å². The Morgan fingerprint density at radius 2 is 2.04 bits per heavy atom. The SMILES string of the molecule is C=C1CN2CCC[C@@]2(COc2nc3c4c(nc(-c5c6c(cc7[nH]ncc57)CCCC6(C)C)c(F)c4n2)OC[C@@H]2COCCCN32)C1. The first kappa shape index (κ1) is 28.4. The molecule has 0 amide bonds. The second kappa shape index (κ2) is 10.3. The minimum Gasteiger partial charge on any atom is -0.475 e. The molecule has 3 saturated heterocycles. The lowest BCUT2D eigenvalue weighted by Crippen LogP contribution is -2.43. The third kappa shape index (κ3) is 4.27. The van der Waals surface area contributed by atoms with Gasteiger partial charge in [0.2, 0.25) is 5.88 Å². The van der Waals surface area contributed by atoms with Crippen molar-refractivity contribution in [3.05, 3.63) is 41.4 Å². The Kier molecular flexibility index (Phi) is 6.38. The van der Waals surface area contributed by atoms with E-state index in [-0.39, 0.29) is 34.2 Å². The summed E-state index contributed by atoms with van der Waals surface area (Å²) in [5.74, 6) is 0.450. The lowest BCUT2D eigenvalue weighted by Gasteiger charge is -2.35. The van der Waals surface area contributed by atoms with Gasteiger partial charge in [0.1, 0.15) is 35.6 Å². The maximum absolute atomic E-state index is 17.4. The van der Waals surface area contributed by atoms with E-state index in [0.717, 1.165) is 80.1 Å². The average Bonchev–Trinajstić information content (AvgIpc) is 3.64. The van der Waals surface area contributed by atoms with E-state index in [1.165, 1.54) is 11.1 Å². The van der Waals surface area contributed by atoms with Crippen molar-refractivity contribution in [2.24, 2.45) is 0 Å². The minimum absolute atomic E-state index is 0.0970. The summed E-state index contributed by atoms with van der Waals surface area (Å²) >= 11 is 0.